The normalized spacial score (nSPS) is 11.0. The molecule has 0 saturated carbocycles. The zero-order chi connectivity index (χ0) is 21.4. The molecule has 0 aliphatic rings. The maximum Gasteiger partial charge on any atom is 0.259 e. The van der Waals surface area contributed by atoms with Gasteiger partial charge in [-0.15, -0.1) is 0 Å². The fourth-order valence-electron chi connectivity index (χ4n) is 2.91. The van der Waals surface area contributed by atoms with Crippen molar-refractivity contribution in [1.29, 1.82) is 0 Å². The molecule has 1 aromatic heterocycles. The van der Waals surface area contributed by atoms with Crippen LogP contribution in [0.2, 0.25) is 10.0 Å². The molecule has 1 amide bonds. The van der Waals surface area contributed by atoms with E-state index in [1.807, 2.05) is 6.07 Å². The summed E-state index contributed by atoms with van der Waals surface area (Å²) in [6.07, 6.45) is 0. The second-order valence-corrected chi connectivity index (χ2v) is 8.87. The highest BCUT2D eigenvalue weighted by molar-refractivity contribution is 9.11. The first-order valence-corrected chi connectivity index (χ1v) is 10.9. The van der Waals surface area contributed by atoms with Crippen LogP contribution in [0.5, 0.6) is 5.75 Å². The monoisotopic (exact) mass is 568 g/mol. The van der Waals surface area contributed by atoms with E-state index < -0.39 is 0 Å². The van der Waals surface area contributed by atoms with Crippen molar-refractivity contribution in [2.75, 3.05) is 12.4 Å². The van der Waals surface area contributed by atoms with Crippen molar-refractivity contribution in [3.8, 4) is 17.2 Å². The lowest BCUT2D eigenvalue weighted by Crippen LogP contribution is -2.13. The largest absolute Gasteiger partial charge is 0.495 e. The Hall–Kier alpha value is -2.06. The van der Waals surface area contributed by atoms with E-state index in [4.69, 9.17) is 32.4 Å². The summed E-state index contributed by atoms with van der Waals surface area (Å²) in [5.41, 5.74) is 2.79. The third kappa shape index (κ3) is 4.21. The molecular formula is C21H12Br2Cl2N2O3. The average Bonchev–Trinajstić information content (AvgIpc) is 3.12. The van der Waals surface area contributed by atoms with Gasteiger partial charge in [-0.1, -0.05) is 39.1 Å². The summed E-state index contributed by atoms with van der Waals surface area (Å²) in [7, 11) is 1.51. The molecule has 0 aliphatic heterocycles. The molecule has 0 fully saturated rings. The number of oxazole rings is 1. The number of methoxy groups -OCH3 is 1. The number of aromatic nitrogens is 1. The molecule has 0 bridgehead atoms. The summed E-state index contributed by atoms with van der Waals surface area (Å²) in [5, 5.41) is 3.74. The number of nitrogens with zero attached hydrogens (tertiary/aromatic N) is 1. The van der Waals surface area contributed by atoms with Gasteiger partial charge >= 0.3 is 0 Å². The number of amides is 1. The number of carbonyl (C=O) groups excluding carboxylic acids is 1. The lowest BCUT2D eigenvalue weighted by atomic mass is 10.1. The Labute approximate surface area is 198 Å². The topological polar surface area (TPSA) is 64.4 Å². The fourth-order valence-corrected chi connectivity index (χ4v) is 4.82. The van der Waals surface area contributed by atoms with Gasteiger partial charge in [0.15, 0.2) is 5.58 Å². The van der Waals surface area contributed by atoms with Crippen molar-refractivity contribution in [2.45, 2.75) is 0 Å². The summed E-state index contributed by atoms with van der Waals surface area (Å²) in [5.74, 6) is 0.559. The Bertz CT molecular complexity index is 1270. The number of hydrogen-bond acceptors (Lipinski definition) is 4. The highest BCUT2D eigenvalue weighted by Crippen LogP contribution is 2.34. The third-order valence-electron chi connectivity index (χ3n) is 4.26. The number of benzene rings is 3. The Kier molecular flexibility index (Phi) is 6.06. The van der Waals surface area contributed by atoms with Crippen LogP contribution in [0.15, 0.2) is 61.9 Å². The second kappa shape index (κ2) is 8.59. The minimum atomic E-state index is -0.301. The number of hydrogen-bond donors (Lipinski definition) is 1. The highest BCUT2D eigenvalue weighted by Gasteiger charge is 2.17. The molecule has 0 unspecified atom stereocenters. The van der Waals surface area contributed by atoms with Gasteiger partial charge in [0.25, 0.3) is 5.91 Å². The standard InChI is InChI=1S/C21H12Br2Cl2N2O3/c1-29-18-14(6-11(22)7-15(18)23)20(28)26-13-4-2-10(3-5-13)21-27-17-9-12(24)8-16(25)19(17)30-21/h2-9H,1H3,(H,26,28). The summed E-state index contributed by atoms with van der Waals surface area (Å²) in [6, 6.07) is 13.9. The van der Waals surface area contributed by atoms with Gasteiger partial charge in [0.2, 0.25) is 5.89 Å². The third-order valence-corrected chi connectivity index (χ3v) is 5.80. The lowest BCUT2D eigenvalue weighted by molar-refractivity contribution is 0.102. The molecule has 9 heteroatoms. The van der Waals surface area contributed by atoms with Crippen LogP contribution in [0, 0.1) is 0 Å². The van der Waals surface area contributed by atoms with Crippen molar-refractivity contribution in [2.24, 2.45) is 0 Å². The average molecular weight is 571 g/mol. The molecule has 152 valence electrons. The van der Waals surface area contributed by atoms with Crippen LogP contribution in [0.3, 0.4) is 0 Å². The molecule has 0 saturated heterocycles. The molecular weight excluding hydrogens is 559 g/mol. The van der Waals surface area contributed by atoms with Gasteiger partial charge in [-0.3, -0.25) is 4.79 Å². The van der Waals surface area contributed by atoms with E-state index in [0.717, 1.165) is 10.0 Å². The van der Waals surface area contributed by atoms with E-state index in [0.29, 0.717) is 48.5 Å². The van der Waals surface area contributed by atoms with Gasteiger partial charge in [0.1, 0.15) is 11.3 Å². The molecule has 1 N–H and O–H groups in total. The molecule has 30 heavy (non-hydrogen) atoms. The minimum Gasteiger partial charge on any atom is -0.495 e. The van der Waals surface area contributed by atoms with Gasteiger partial charge in [0.05, 0.1) is 22.2 Å². The number of nitrogens with one attached hydrogen (secondary N) is 1. The lowest BCUT2D eigenvalue weighted by Gasteiger charge is -2.12. The quantitative estimate of drug-likeness (QED) is 0.274. The van der Waals surface area contributed by atoms with Gasteiger partial charge in [-0.2, -0.15) is 0 Å². The van der Waals surface area contributed by atoms with E-state index in [1.54, 1.807) is 42.5 Å². The molecule has 0 aliphatic carbocycles. The van der Waals surface area contributed by atoms with Crippen LogP contribution in [-0.2, 0) is 0 Å². The molecule has 0 spiro atoms. The number of halogens is 4. The van der Waals surface area contributed by atoms with Gasteiger partial charge in [-0.05, 0) is 64.5 Å². The van der Waals surface area contributed by atoms with Crippen LogP contribution < -0.4 is 10.1 Å². The molecule has 5 nitrogen and oxygen atoms in total. The highest BCUT2D eigenvalue weighted by atomic mass is 79.9. The maximum absolute atomic E-state index is 12.7. The number of carbonyl (C=O) groups is 1. The van der Waals surface area contributed by atoms with Crippen LogP contribution >= 0.6 is 55.1 Å². The van der Waals surface area contributed by atoms with Crippen LogP contribution in [0.25, 0.3) is 22.6 Å². The van der Waals surface area contributed by atoms with Crippen molar-refractivity contribution in [3.05, 3.63) is 73.1 Å². The molecule has 3 aromatic carbocycles. The Morgan fingerprint density at radius 1 is 1.10 bits per heavy atom. The van der Waals surface area contributed by atoms with Gasteiger partial charge in [0, 0.05) is 20.7 Å². The van der Waals surface area contributed by atoms with Gasteiger partial charge < -0.3 is 14.5 Å². The first-order chi connectivity index (χ1) is 14.4. The van der Waals surface area contributed by atoms with Crippen molar-refractivity contribution in [3.63, 3.8) is 0 Å². The number of fused-ring (bicyclic) bond motifs is 1. The maximum atomic E-state index is 12.7. The van der Waals surface area contributed by atoms with Crippen molar-refractivity contribution in [1.82, 2.24) is 4.98 Å². The summed E-state index contributed by atoms with van der Waals surface area (Å²) in [4.78, 5) is 17.2. The molecule has 1 heterocycles. The minimum absolute atomic E-state index is 0.301. The van der Waals surface area contributed by atoms with E-state index in [9.17, 15) is 4.79 Å². The van der Waals surface area contributed by atoms with Crippen LogP contribution in [0.4, 0.5) is 5.69 Å². The van der Waals surface area contributed by atoms with E-state index in [2.05, 4.69) is 42.2 Å². The molecule has 4 aromatic rings. The summed E-state index contributed by atoms with van der Waals surface area (Å²) in [6.45, 7) is 0. The Balaban J connectivity index is 1.59. The van der Waals surface area contributed by atoms with Gasteiger partial charge in [-0.25, -0.2) is 4.98 Å². The smallest absolute Gasteiger partial charge is 0.259 e. The number of rotatable bonds is 4. The SMILES string of the molecule is COc1c(Br)cc(Br)cc1C(=O)Nc1ccc(-c2nc3cc(Cl)cc(Cl)c3o2)cc1. The zero-order valence-electron chi connectivity index (χ0n) is 15.3. The van der Waals surface area contributed by atoms with E-state index >= 15 is 0 Å². The van der Waals surface area contributed by atoms with E-state index in [-0.39, 0.29) is 5.91 Å². The van der Waals surface area contributed by atoms with E-state index in [1.165, 1.54) is 7.11 Å². The summed E-state index contributed by atoms with van der Waals surface area (Å²) >= 11 is 19.0. The first-order valence-electron chi connectivity index (χ1n) is 8.56. The zero-order valence-corrected chi connectivity index (χ0v) is 20.0. The fraction of sp³-hybridized carbons (Fsp3) is 0.0476. The van der Waals surface area contributed by atoms with Crippen molar-refractivity contribution >= 4 is 77.8 Å². The number of ether oxygens (including phenoxy) is 1. The van der Waals surface area contributed by atoms with Crippen molar-refractivity contribution < 1.29 is 13.9 Å². The second-order valence-electron chi connectivity index (χ2n) is 6.25. The summed E-state index contributed by atoms with van der Waals surface area (Å²) < 4.78 is 12.5. The molecule has 0 atom stereocenters. The predicted octanol–water partition coefficient (Wildman–Crippen LogP) is 7.59. The predicted molar refractivity (Wildman–Crippen MR) is 126 cm³/mol. The molecule has 4 rings (SSSR count). The van der Waals surface area contributed by atoms with Crippen LogP contribution in [-0.4, -0.2) is 18.0 Å². The number of anilines is 1. The van der Waals surface area contributed by atoms with Crippen LogP contribution in [0.1, 0.15) is 10.4 Å². The first kappa shape index (κ1) is 21.2. The molecule has 0 radical (unpaired) electrons. The Morgan fingerprint density at radius 2 is 1.83 bits per heavy atom. The Morgan fingerprint density at radius 3 is 2.53 bits per heavy atom.